The van der Waals surface area contributed by atoms with Crippen LogP contribution in [0.15, 0.2) is 67.0 Å². The molecule has 1 amide bonds. The quantitative estimate of drug-likeness (QED) is 0.337. The Hall–Kier alpha value is -3.72. The van der Waals surface area contributed by atoms with Crippen LogP contribution in [0.5, 0.6) is 0 Å². The monoisotopic (exact) mass is 422 g/mol. The summed E-state index contributed by atoms with van der Waals surface area (Å²) >= 11 is 1.23. The molecule has 0 saturated carbocycles. The van der Waals surface area contributed by atoms with Crippen LogP contribution in [0.2, 0.25) is 0 Å². The molecule has 0 bridgehead atoms. The molecule has 9 heteroatoms. The highest BCUT2D eigenvalue weighted by Crippen LogP contribution is 2.31. The van der Waals surface area contributed by atoms with E-state index < -0.39 is 4.92 Å². The van der Waals surface area contributed by atoms with E-state index in [1.807, 2.05) is 6.07 Å². The van der Waals surface area contributed by atoms with Gasteiger partial charge in [0, 0.05) is 24.5 Å². The van der Waals surface area contributed by atoms with Crippen molar-refractivity contribution < 1.29 is 14.1 Å². The number of amides is 1. The maximum Gasteiger partial charge on any atom is 0.269 e. The van der Waals surface area contributed by atoms with Gasteiger partial charge in [0.1, 0.15) is 5.82 Å². The molecule has 0 aliphatic rings. The van der Waals surface area contributed by atoms with E-state index in [1.165, 1.54) is 40.5 Å². The van der Waals surface area contributed by atoms with E-state index in [1.54, 1.807) is 36.7 Å². The third-order valence-electron chi connectivity index (χ3n) is 4.44. The van der Waals surface area contributed by atoms with E-state index in [9.17, 15) is 19.3 Å². The number of thiazole rings is 1. The molecule has 0 fully saturated rings. The van der Waals surface area contributed by atoms with Gasteiger partial charge in [0.25, 0.3) is 5.69 Å². The molecule has 2 heterocycles. The number of aromatic nitrogens is 2. The number of nitrogens with zero attached hydrogens (tertiary/aromatic N) is 4. The Balaban J connectivity index is 1.65. The average molecular weight is 422 g/mol. The summed E-state index contributed by atoms with van der Waals surface area (Å²) in [4.78, 5) is 33.6. The number of rotatable bonds is 6. The van der Waals surface area contributed by atoms with E-state index in [4.69, 9.17) is 0 Å². The third kappa shape index (κ3) is 4.31. The Kier molecular flexibility index (Phi) is 5.44. The van der Waals surface area contributed by atoms with E-state index in [0.717, 1.165) is 5.56 Å². The number of benzene rings is 2. The van der Waals surface area contributed by atoms with Crippen LogP contribution in [0, 0.1) is 15.9 Å². The lowest BCUT2D eigenvalue weighted by Gasteiger charge is -2.20. The average Bonchev–Trinajstić information content (AvgIpc) is 3.15. The van der Waals surface area contributed by atoms with Crippen molar-refractivity contribution in [3.8, 4) is 0 Å². The van der Waals surface area contributed by atoms with Crippen LogP contribution < -0.4 is 4.90 Å². The summed E-state index contributed by atoms with van der Waals surface area (Å²) in [6.07, 6.45) is 3.36. The Bertz CT molecular complexity index is 1210. The summed E-state index contributed by atoms with van der Waals surface area (Å²) in [5.74, 6) is -0.596. The molecule has 4 aromatic rings. The zero-order chi connectivity index (χ0) is 21.1. The first-order valence-electron chi connectivity index (χ1n) is 8.98. The number of carbonyl (C=O) groups excluding carboxylic acids is 1. The lowest BCUT2D eigenvalue weighted by Crippen LogP contribution is -2.31. The van der Waals surface area contributed by atoms with E-state index >= 15 is 0 Å². The summed E-state index contributed by atoms with van der Waals surface area (Å²) in [7, 11) is 0. The second-order valence-electron chi connectivity index (χ2n) is 6.55. The molecule has 0 aliphatic heterocycles. The van der Waals surface area contributed by atoms with Gasteiger partial charge >= 0.3 is 0 Å². The van der Waals surface area contributed by atoms with Crippen LogP contribution in [-0.4, -0.2) is 20.8 Å². The topological polar surface area (TPSA) is 89.2 Å². The van der Waals surface area contributed by atoms with Gasteiger partial charge in [-0.2, -0.15) is 0 Å². The fourth-order valence-electron chi connectivity index (χ4n) is 2.94. The maximum atomic E-state index is 13.6. The molecule has 30 heavy (non-hydrogen) atoms. The van der Waals surface area contributed by atoms with Gasteiger partial charge in [-0.25, -0.2) is 9.37 Å². The van der Waals surface area contributed by atoms with Crippen molar-refractivity contribution in [3.63, 3.8) is 0 Å². The summed E-state index contributed by atoms with van der Waals surface area (Å²) < 4.78 is 14.2. The number of carbonyl (C=O) groups is 1. The number of fused-ring (bicyclic) bond motifs is 1. The third-order valence-corrected chi connectivity index (χ3v) is 5.48. The highest BCUT2D eigenvalue weighted by atomic mass is 32.1. The molecule has 0 aliphatic carbocycles. The van der Waals surface area contributed by atoms with Crippen molar-refractivity contribution in [2.24, 2.45) is 0 Å². The normalized spacial score (nSPS) is 10.8. The minimum atomic E-state index is -0.486. The fraction of sp³-hybridized carbons (Fsp3) is 0.0952. The Morgan fingerprint density at radius 1 is 1.13 bits per heavy atom. The minimum Gasteiger partial charge on any atom is -0.283 e. The number of nitro benzene ring substituents is 1. The van der Waals surface area contributed by atoms with Crippen LogP contribution >= 0.6 is 11.3 Å². The smallest absolute Gasteiger partial charge is 0.269 e. The van der Waals surface area contributed by atoms with Gasteiger partial charge in [-0.05, 0) is 35.4 Å². The van der Waals surface area contributed by atoms with Gasteiger partial charge in [-0.15, -0.1) is 0 Å². The summed E-state index contributed by atoms with van der Waals surface area (Å²) in [6, 6.07) is 13.8. The van der Waals surface area contributed by atoms with Gasteiger partial charge in [0.05, 0.1) is 28.1 Å². The van der Waals surface area contributed by atoms with Crippen LogP contribution in [0.25, 0.3) is 10.2 Å². The molecule has 150 valence electrons. The van der Waals surface area contributed by atoms with Gasteiger partial charge in [0.15, 0.2) is 5.13 Å². The maximum absolute atomic E-state index is 13.6. The van der Waals surface area contributed by atoms with Gasteiger partial charge in [0.2, 0.25) is 5.91 Å². The zero-order valence-electron chi connectivity index (χ0n) is 15.6. The predicted octanol–water partition coefficient (Wildman–Crippen LogP) is 4.51. The van der Waals surface area contributed by atoms with Crippen LogP contribution in [0.4, 0.5) is 15.2 Å². The standard InChI is InChI=1S/C21H15FN4O3S/c22-16-5-8-18-19(11-16)30-21(24-18)25(13-15-2-1-9-23-12-15)20(27)10-14-3-6-17(7-4-14)26(28)29/h1-9,11-12H,10,13H2. The molecule has 0 saturated heterocycles. The molecule has 7 nitrogen and oxygen atoms in total. The summed E-state index contributed by atoms with van der Waals surface area (Å²) in [5.41, 5.74) is 2.04. The lowest BCUT2D eigenvalue weighted by molar-refractivity contribution is -0.384. The van der Waals surface area contributed by atoms with Crippen molar-refractivity contribution in [1.82, 2.24) is 9.97 Å². The Labute approximate surface area is 174 Å². The van der Waals surface area contributed by atoms with Crippen molar-refractivity contribution in [3.05, 3.63) is 94.0 Å². The van der Waals surface area contributed by atoms with Crippen molar-refractivity contribution >= 4 is 38.3 Å². The van der Waals surface area contributed by atoms with Gasteiger partial charge in [-0.3, -0.25) is 24.8 Å². The number of nitro groups is 1. The Morgan fingerprint density at radius 3 is 2.63 bits per heavy atom. The van der Waals surface area contributed by atoms with E-state index in [-0.39, 0.29) is 30.4 Å². The first kappa shape index (κ1) is 19.6. The fourth-order valence-corrected chi connectivity index (χ4v) is 3.95. The molecule has 4 rings (SSSR count). The molecule has 0 radical (unpaired) electrons. The number of non-ortho nitro benzene ring substituents is 1. The van der Waals surface area contributed by atoms with Crippen LogP contribution in [0.3, 0.4) is 0 Å². The van der Waals surface area contributed by atoms with Crippen molar-refractivity contribution in [2.45, 2.75) is 13.0 Å². The molecular weight excluding hydrogens is 407 g/mol. The molecule has 0 atom stereocenters. The number of pyridine rings is 1. The lowest BCUT2D eigenvalue weighted by atomic mass is 10.1. The van der Waals surface area contributed by atoms with Crippen LogP contribution in [-0.2, 0) is 17.8 Å². The summed E-state index contributed by atoms with van der Waals surface area (Å²) in [6.45, 7) is 0.252. The van der Waals surface area contributed by atoms with Crippen molar-refractivity contribution in [1.29, 1.82) is 0 Å². The number of anilines is 1. The second-order valence-corrected chi connectivity index (χ2v) is 7.56. The largest absolute Gasteiger partial charge is 0.283 e. The summed E-state index contributed by atoms with van der Waals surface area (Å²) in [5, 5.41) is 11.3. The molecular formula is C21H15FN4O3S. The predicted molar refractivity (Wildman–Crippen MR) is 112 cm³/mol. The van der Waals surface area contributed by atoms with Crippen LogP contribution in [0.1, 0.15) is 11.1 Å². The minimum absolute atomic E-state index is 0.0355. The first-order chi connectivity index (χ1) is 14.5. The first-order valence-corrected chi connectivity index (χ1v) is 9.80. The highest BCUT2D eigenvalue weighted by molar-refractivity contribution is 7.22. The zero-order valence-corrected chi connectivity index (χ0v) is 16.4. The SMILES string of the molecule is O=C(Cc1ccc([N+](=O)[O-])cc1)N(Cc1cccnc1)c1nc2ccc(F)cc2s1. The molecule has 2 aromatic carbocycles. The van der Waals surface area contributed by atoms with E-state index in [0.29, 0.717) is 20.9 Å². The second kappa shape index (κ2) is 8.34. The van der Waals surface area contributed by atoms with Gasteiger partial charge in [-0.1, -0.05) is 29.5 Å². The number of hydrogen-bond donors (Lipinski definition) is 0. The van der Waals surface area contributed by atoms with Crippen molar-refractivity contribution in [2.75, 3.05) is 4.90 Å². The number of halogens is 1. The van der Waals surface area contributed by atoms with Gasteiger partial charge < -0.3 is 0 Å². The molecule has 2 aromatic heterocycles. The number of hydrogen-bond acceptors (Lipinski definition) is 6. The molecule has 0 spiro atoms. The molecule has 0 N–H and O–H groups in total. The Morgan fingerprint density at radius 2 is 1.93 bits per heavy atom. The van der Waals surface area contributed by atoms with E-state index in [2.05, 4.69) is 9.97 Å². The highest BCUT2D eigenvalue weighted by Gasteiger charge is 2.21. The molecule has 0 unspecified atom stereocenters.